The highest BCUT2D eigenvalue weighted by Gasteiger charge is 2.23. The van der Waals surface area contributed by atoms with Crippen molar-refractivity contribution >= 4 is 28.5 Å². The number of rotatable bonds is 5. The summed E-state index contributed by atoms with van der Waals surface area (Å²) in [6, 6.07) is 0.150. The second-order valence-corrected chi connectivity index (χ2v) is 6.50. The Balaban J connectivity index is 1.92. The minimum atomic E-state index is -0.484. The largest absolute Gasteiger partial charge is 0.450 e. The summed E-state index contributed by atoms with van der Waals surface area (Å²) >= 11 is 1.44. The van der Waals surface area contributed by atoms with E-state index in [0.29, 0.717) is 24.8 Å². The Morgan fingerprint density at radius 1 is 1.45 bits per heavy atom. The van der Waals surface area contributed by atoms with Gasteiger partial charge in [0.2, 0.25) is 5.91 Å². The van der Waals surface area contributed by atoms with Crippen LogP contribution in [0.25, 0.3) is 0 Å². The van der Waals surface area contributed by atoms with Crippen molar-refractivity contribution in [3.63, 3.8) is 0 Å². The molecular weight excluding hydrogens is 304 g/mol. The van der Waals surface area contributed by atoms with Crippen LogP contribution in [0.1, 0.15) is 31.3 Å². The SMILES string of the molecule is CCOC(=O)Nc1nc2c(s1)CN(CC(=O)NC(C)C)CC2. The lowest BCUT2D eigenvalue weighted by Crippen LogP contribution is -2.41. The van der Waals surface area contributed by atoms with E-state index in [0.717, 1.165) is 23.5 Å². The van der Waals surface area contributed by atoms with Crippen LogP contribution in [0.2, 0.25) is 0 Å². The van der Waals surface area contributed by atoms with Gasteiger partial charge in [-0.1, -0.05) is 11.3 Å². The molecule has 0 unspecified atom stereocenters. The first-order valence-electron chi connectivity index (χ1n) is 7.42. The highest BCUT2D eigenvalue weighted by Crippen LogP contribution is 2.28. The first-order chi connectivity index (χ1) is 10.5. The third-order valence-electron chi connectivity index (χ3n) is 3.11. The molecule has 0 aliphatic carbocycles. The number of thiazole rings is 1. The minimum absolute atomic E-state index is 0.0350. The van der Waals surface area contributed by atoms with Crippen molar-refractivity contribution in [2.75, 3.05) is 25.0 Å². The van der Waals surface area contributed by atoms with Crippen LogP contribution >= 0.6 is 11.3 Å². The highest BCUT2D eigenvalue weighted by atomic mass is 32.1. The fraction of sp³-hybridized carbons (Fsp3) is 0.643. The van der Waals surface area contributed by atoms with E-state index < -0.39 is 6.09 Å². The standard InChI is InChI=1S/C14H22N4O3S/c1-4-21-14(20)17-13-16-10-5-6-18(7-11(10)22-13)8-12(19)15-9(2)3/h9H,4-8H2,1-3H3,(H,15,19)(H,16,17,20). The number of hydrogen-bond acceptors (Lipinski definition) is 6. The molecule has 7 nitrogen and oxygen atoms in total. The Morgan fingerprint density at radius 2 is 2.23 bits per heavy atom. The van der Waals surface area contributed by atoms with Crippen molar-refractivity contribution in [1.29, 1.82) is 0 Å². The Hall–Kier alpha value is -1.67. The van der Waals surface area contributed by atoms with E-state index >= 15 is 0 Å². The molecule has 0 bridgehead atoms. The summed E-state index contributed by atoms with van der Waals surface area (Å²) in [6.45, 7) is 7.84. The maximum Gasteiger partial charge on any atom is 0.413 e. The molecule has 0 atom stereocenters. The number of amides is 2. The van der Waals surface area contributed by atoms with Gasteiger partial charge in [-0.15, -0.1) is 0 Å². The topological polar surface area (TPSA) is 83.6 Å². The van der Waals surface area contributed by atoms with Gasteiger partial charge in [0.15, 0.2) is 5.13 Å². The molecule has 0 radical (unpaired) electrons. The smallest absolute Gasteiger partial charge is 0.413 e. The molecule has 2 rings (SSSR count). The lowest BCUT2D eigenvalue weighted by molar-refractivity contribution is -0.122. The Bertz CT molecular complexity index is 544. The van der Waals surface area contributed by atoms with Gasteiger partial charge in [-0.2, -0.15) is 0 Å². The molecule has 0 saturated heterocycles. The minimum Gasteiger partial charge on any atom is -0.450 e. The van der Waals surface area contributed by atoms with Crippen molar-refractivity contribution in [1.82, 2.24) is 15.2 Å². The molecule has 0 saturated carbocycles. The van der Waals surface area contributed by atoms with Gasteiger partial charge in [-0.05, 0) is 20.8 Å². The van der Waals surface area contributed by atoms with Crippen molar-refractivity contribution in [3.05, 3.63) is 10.6 Å². The number of fused-ring (bicyclic) bond motifs is 1. The third-order valence-corrected chi connectivity index (χ3v) is 4.11. The molecule has 2 amide bonds. The van der Waals surface area contributed by atoms with Crippen molar-refractivity contribution in [2.24, 2.45) is 0 Å². The zero-order chi connectivity index (χ0) is 16.1. The summed E-state index contributed by atoms with van der Waals surface area (Å²) in [5.41, 5.74) is 0.998. The molecular formula is C14H22N4O3S. The number of hydrogen-bond donors (Lipinski definition) is 2. The quantitative estimate of drug-likeness (QED) is 0.858. The van der Waals surface area contributed by atoms with E-state index in [2.05, 4.69) is 20.5 Å². The number of nitrogens with one attached hydrogen (secondary N) is 2. The van der Waals surface area contributed by atoms with Crippen LogP contribution in [0, 0.1) is 0 Å². The van der Waals surface area contributed by atoms with Crippen LogP contribution in [0.3, 0.4) is 0 Å². The summed E-state index contributed by atoms with van der Waals surface area (Å²) < 4.78 is 4.84. The van der Waals surface area contributed by atoms with Crippen LogP contribution in [-0.4, -0.2) is 47.6 Å². The summed E-state index contributed by atoms with van der Waals surface area (Å²) in [7, 11) is 0. The van der Waals surface area contributed by atoms with E-state index in [4.69, 9.17) is 4.74 Å². The maximum atomic E-state index is 11.8. The Morgan fingerprint density at radius 3 is 2.91 bits per heavy atom. The van der Waals surface area contributed by atoms with Crippen molar-refractivity contribution in [3.8, 4) is 0 Å². The number of nitrogens with zero attached hydrogens (tertiary/aromatic N) is 2. The monoisotopic (exact) mass is 326 g/mol. The predicted octanol–water partition coefficient (Wildman–Crippen LogP) is 1.59. The maximum absolute atomic E-state index is 11.8. The lowest BCUT2D eigenvalue weighted by atomic mass is 10.2. The zero-order valence-corrected chi connectivity index (χ0v) is 14.0. The van der Waals surface area contributed by atoms with E-state index in [-0.39, 0.29) is 11.9 Å². The zero-order valence-electron chi connectivity index (χ0n) is 13.1. The van der Waals surface area contributed by atoms with E-state index in [1.807, 2.05) is 13.8 Å². The molecule has 122 valence electrons. The predicted molar refractivity (Wildman–Crippen MR) is 85.0 cm³/mol. The third kappa shape index (κ3) is 4.67. The second-order valence-electron chi connectivity index (χ2n) is 5.42. The number of carbonyl (C=O) groups is 2. The number of anilines is 1. The average molecular weight is 326 g/mol. The normalized spacial score (nSPS) is 14.5. The van der Waals surface area contributed by atoms with Gasteiger partial charge in [-0.25, -0.2) is 9.78 Å². The van der Waals surface area contributed by atoms with Crippen molar-refractivity contribution in [2.45, 2.75) is 39.8 Å². The molecule has 2 N–H and O–H groups in total. The summed E-state index contributed by atoms with van der Waals surface area (Å²) in [6.07, 6.45) is 0.299. The number of aromatic nitrogens is 1. The van der Waals surface area contributed by atoms with Gasteiger partial charge in [0.05, 0.1) is 18.8 Å². The van der Waals surface area contributed by atoms with E-state index in [1.54, 1.807) is 6.92 Å². The molecule has 1 aromatic rings. The second kappa shape index (κ2) is 7.55. The molecule has 1 aromatic heterocycles. The van der Waals surface area contributed by atoms with Crippen LogP contribution < -0.4 is 10.6 Å². The number of carbonyl (C=O) groups excluding carboxylic acids is 2. The number of ether oxygens (including phenoxy) is 1. The summed E-state index contributed by atoms with van der Waals surface area (Å²) in [5.74, 6) is 0.0350. The molecule has 1 aliphatic rings. The van der Waals surface area contributed by atoms with Gasteiger partial charge in [0.1, 0.15) is 0 Å². The molecule has 0 aromatic carbocycles. The first-order valence-corrected chi connectivity index (χ1v) is 8.23. The average Bonchev–Trinajstić information content (AvgIpc) is 2.79. The first kappa shape index (κ1) is 16.7. The van der Waals surface area contributed by atoms with Crippen molar-refractivity contribution < 1.29 is 14.3 Å². The summed E-state index contributed by atoms with van der Waals surface area (Å²) in [5, 5.41) is 6.08. The molecule has 2 heterocycles. The van der Waals surface area contributed by atoms with Gasteiger partial charge in [0.25, 0.3) is 0 Å². The Kier molecular flexibility index (Phi) is 5.73. The van der Waals surface area contributed by atoms with Gasteiger partial charge in [-0.3, -0.25) is 15.0 Å². The molecule has 22 heavy (non-hydrogen) atoms. The van der Waals surface area contributed by atoms with Crippen LogP contribution in [-0.2, 0) is 22.5 Å². The van der Waals surface area contributed by atoms with Crippen LogP contribution in [0.5, 0.6) is 0 Å². The highest BCUT2D eigenvalue weighted by molar-refractivity contribution is 7.15. The fourth-order valence-electron chi connectivity index (χ4n) is 2.26. The molecule has 1 aliphatic heterocycles. The van der Waals surface area contributed by atoms with Gasteiger partial charge in [0, 0.05) is 30.4 Å². The van der Waals surface area contributed by atoms with E-state index in [9.17, 15) is 9.59 Å². The lowest BCUT2D eigenvalue weighted by Gasteiger charge is -2.25. The molecule has 0 spiro atoms. The van der Waals surface area contributed by atoms with Gasteiger partial charge < -0.3 is 10.1 Å². The summed E-state index contributed by atoms with van der Waals surface area (Å²) in [4.78, 5) is 30.8. The van der Waals surface area contributed by atoms with Crippen LogP contribution in [0.4, 0.5) is 9.93 Å². The molecule has 0 fully saturated rings. The fourth-order valence-corrected chi connectivity index (χ4v) is 3.30. The molecule has 8 heteroatoms. The van der Waals surface area contributed by atoms with Gasteiger partial charge >= 0.3 is 6.09 Å². The Labute approximate surface area is 134 Å². The van der Waals surface area contributed by atoms with Crippen LogP contribution in [0.15, 0.2) is 0 Å². The van der Waals surface area contributed by atoms with E-state index in [1.165, 1.54) is 11.3 Å².